The van der Waals surface area contributed by atoms with Gasteiger partial charge in [-0.2, -0.15) is 0 Å². The Balaban J connectivity index is 2.18. The van der Waals surface area contributed by atoms with E-state index in [1.165, 1.54) is 12.1 Å². The van der Waals surface area contributed by atoms with Crippen LogP contribution in [0.5, 0.6) is 0 Å². The lowest BCUT2D eigenvalue weighted by atomic mass is 9.91. The fraction of sp³-hybridized carbons (Fsp3) is 0.500. The first-order chi connectivity index (χ1) is 7.68. The van der Waals surface area contributed by atoms with Crippen molar-refractivity contribution in [3.8, 4) is 0 Å². The van der Waals surface area contributed by atoms with Gasteiger partial charge < -0.3 is 9.84 Å². The molecular weight excluding hydrogens is 275 g/mol. The van der Waals surface area contributed by atoms with Crippen molar-refractivity contribution in [3.63, 3.8) is 0 Å². The van der Waals surface area contributed by atoms with Gasteiger partial charge in [-0.3, -0.25) is 0 Å². The predicted molar refractivity (Wildman–Crippen MR) is 62.6 cm³/mol. The lowest BCUT2D eigenvalue weighted by Crippen LogP contribution is -2.24. The second-order valence-electron chi connectivity index (χ2n) is 4.09. The van der Waals surface area contributed by atoms with Gasteiger partial charge in [0.2, 0.25) is 0 Å². The van der Waals surface area contributed by atoms with Crippen LogP contribution in [0.3, 0.4) is 0 Å². The van der Waals surface area contributed by atoms with Crippen LogP contribution < -0.4 is 0 Å². The Hall–Kier alpha value is -0.450. The van der Waals surface area contributed by atoms with Crippen molar-refractivity contribution >= 4 is 15.9 Å². The summed E-state index contributed by atoms with van der Waals surface area (Å²) in [5.41, 5.74) is 0.607. The van der Waals surface area contributed by atoms with E-state index in [0.717, 1.165) is 23.9 Å². The van der Waals surface area contributed by atoms with Crippen molar-refractivity contribution in [2.45, 2.75) is 18.9 Å². The molecule has 1 aliphatic rings. The van der Waals surface area contributed by atoms with Crippen LogP contribution in [0.25, 0.3) is 0 Å². The van der Waals surface area contributed by atoms with Crippen LogP contribution in [-0.4, -0.2) is 18.3 Å². The van der Waals surface area contributed by atoms with E-state index in [1.54, 1.807) is 6.07 Å². The molecule has 4 heteroatoms. The number of benzene rings is 1. The molecule has 1 fully saturated rings. The van der Waals surface area contributed by atoms with E-state index in [9.17, 15) is 9.50 Å². The largest absolute Gasteiger partial charge is 0.388 e. The number of halogens is 2. The molecule has 2 unspecified atom stereocenters. The highest BCUT2D eigenvalue weighted by Crippen LogP contribution is 2.33. The van der Waals surface area contributed by atoms with E-state index in [-0.39, 0.29) is 11.7 Å². The number of ether oxygens (including phenoxy) is 1. The van der Waals surface area contributed by atoms with Gasteiger partial charge >= 0.3 is 0 Å². The zero-order valence-electron chi connectivity index (χ0n) is 8.83. The Bertz CT molecular complexity index is 364. The molecule has 2 rings (SSSR count). The van der Waals surface area contributed by atoms with Crippen molar-refractivity contribution in [2.75, 3.05) is 13.2 Å². The Labute approximate surface area is 103 Å². The number of aliphatic hydroxyl groups is 1. The van der Waals surface area contributed by atoms with Gasteiger partial charge in [0.1, 0.15) is 5.82 Å². The Morgan fingerprint density at radius 1 is 1.50 bits per heavy atom. The maximum Gasteiger partial charge on any atom is 0.123 e. The monoisotopic (exact) mass is 288 g/mol. The molecule has 0 saturated carbocycles. The summed E-state index contributed by atoms with van der Waals surface area (Å²) in [6, 6.07) is 4.37. The maximum absolute atomic E-state index is 13.1. The minimum absolute atomic E-state index is 0.0619. The SMILES string of the molecule is OC(c1cc(F)ccc1Br)C1CCCOC1. The first kappa shape index (κ1) is 12.0. The third kappa shape index (κ3) is 2.62. The van der Waals surface area contributed by atoms with Crippen molar-refractivity contribution in [3.05, 3.63) is 34.1 Å². The Kier molecular flexibility index (Phi) is 3.95. The van der Waals surface area contributed by atoms with Gasteiger partial charge in [-0.1, -0.05) is 15.9 Å². The average molecular weight is 289 g/mol. The molecule has 0 amide bonds. The van der Waals surface area contributed by atoms with Crippen molar-refractivity contribution in [1.82, 2.24) is 0 Å². The predicted octanol–water partition coefficient (Wildman–Crippen LogP) is 3.05. The molecule has 0 aliphatic carbocycles. The third-order valence-corrected chi connectivity index (χ3v) is 3.64. The van der Waals surface area contributed by atoms with Gasteiger partial charge in [0.25, 0.3) is 0 Å². The minimum Gasteiger partial charge on any atom is -0.388 e. The van der Waals surface area contributed by atoms with Crippen LogP contribution >= 0.6 is 15.9 Å². The highest BCUT2D eigenvalue weighted by molar-refractivity contribution is 9.10. The van der Waals surface area contributed by atoms with E-state index >= 15 is 0 Å². The molecule has 2 nitrogen and oxygen atoms in total. The van der Waals surface area contributed by atoms with Crippen LogP contribution in [0.1, 0.15) is 24.5 Å². The summed E-state index contributed by atoms with van der Waals surface area (Å²) >= 11 is 3.33. The van der Waals surface area contributed by atoms with Gasteiger partial charge in [-0.25, -0.2) is 4.39 Å². The molecule has 1 saturated heterocycles. The zero-order chi connectivity index (χ0) is 11.5. The van der Waals surface area contributed by atoms with Crippen molar-refractivity contribution in [2.24, 2.45) is 5.92 Å². The van der Waals surface area contributed by atoms with Gasteiger partial charge in [0, 0.05) is 17.0 Å². The fourth-order valence-electron chi connectivity index (χ4n) is 2.01. The molecule has 16 heavy (non-hydrogen) atoms. The average Bonchev–Trinajstić information content (AvgIpc) is 2.32. The summed E-state index contributed by atoms with van der Waals surface area (Å²) in [4.78, 5) is 0. The normalized spacial score (nSPS) is 23.1. The summed E-state index contributed by atoms with van der Waals surface area (Å²) in [5, 5.41) is 10.2. The maximum atomic E-state index is 13.1. The molecule has 88 valence electrons. The van der Waals surface area contributed by atoms with Gasteiger partial charge in [0.15, 0.2) is 0 Å². The Morgan fingerprint density at radius 3 is 3.00 bits per heavy atom. The van der Waals surface area contributed by atoms with Crippen LogP contribution in [-0.2, 0) is 4.74 Å². The number of rotatable bonds is 2. The minimum atomic E-state index is -0.662. The number of hydrogen-bond donors (Lipinski definition) is 1. The molecular formula is C12H14BrFO2. The summed E-state index contributed by atoms with van der Waals surface area (Å²) in [5.74, 6) is -0.263. The first-order valence-electron chi connectivity index (χ1n) is 5.39. The lowest BCUT2D eigenvalue weighted by molar-refractivity contribution is -0.0103. The highest BCUT2D eigenvalue weighted by Gasteiger charge is 2.25. The van der Waals surface area contributed by atoms with Crippen LogP contribution in [0.4, 0.5) is 4.39 Å². The van der Waals surface area contributed by atoms with Crippen LogP contribution in [0.2, 0.25) is 0 Å². The molecule has 1 aromatic rings. The fourth-order valence-corrected chi connectivity index (χ4v) is 2.49. The molecule has 0 spiro atoms. The topological polar surface area (TPSA) is 29.5 Å². The second kappa shape index (κ2) is 5.25. The van der Waals surface area contributed by atoms with E-state index in [4.69, 9.17) is 4.74 Å². The molecule has 2 atom stereocenters. The standard InChI is InChI=1S/C12H14BrFO2/c13-11-4-3-9(14)6-10(11)12(15)8-2-1-5-16-7-8/h3-4,6,8,12,15H,1-2,5,7H2. The van der Waals surface area contributed by atoms with Crippen molar-refractivity contribution < 1.29 is 14.2 Å². The summed E-state index contributed by atoms with van der Waals surface area (Å²) in [7, 11) is 0. The molecule has 1 aliphatic heterocycles. The lowest BCUT2D eigenvalue weighted by Gasteiger charge is -2.27. The molecule has 0 aromatic heterocycles. The number of hydrogen-bond acceptors (Lipinski definition) is 2. The molecule has 0 radical (unpaired) electrons. The van der Waals surface area contributed by atoms with Crippen LogP contribution in [0, 0.1) is 11.7 Å². The second-order valence-corrected chi connectivity index (χ2v) is 4.94. The van der Waals surface area contributed by atoms with E-state index in [0.29, 0.717) is 12.2 Å². The summed E-state index contributed by atoms with van der Waals surface area (Å²) < 4.78 is 19.2. The molecule has 1 heterocycles. The Morgan fingerprint density at radius 2 is 2.31 bits per heavy atom. The smallest absolute Gasteiger partial charge is 0.123 e. The zero-order valence-corrected chi connectivity index (χ0v) is 10.4. The molecule has 0 bridgehead atoms. The van der Waals surface area contributed by atoms with Gasteiger partial charge in [-0.15, -0.1) is 0 Å². The van der Waals surface area contributed by atoms with Crippen molar-refractivity contribution in [1.29, 1.82) is 0 Å². The summed E-state index contributed by atoms with van der Waals surface area (Å²) in [6.45, 7) is 1.30. The quantitative estimate of drug-likeness (QED) is 0.906. The summed E-state index contributed by atoms with van der Waals surface area (Å²) in [6.07, 6.45) is 1.21. The van der Waals surface area contributed by atoms with E-state index in [2.05, 4.69) is 15.9 Å². The van der Waals surface area contributed by atoms with E-state index < -0.39 is 6.10 Å². The third-order valence-electron chi connectivity index (χ3n) is 2.92. The van der Waals surface area contributed by atoms with Crippen LogP contribution in [0.15, 0.2) is 22.7 Å². The van der Waals surface area contributed by atoms with E-state index in [1.807, 2.05) is 0 Å². The molecule has 1 N–H and O–H groups in total. The first-order valence-corrected chi connectivity index (χ1v) is 6.18. The highest BCUT2D eigenvalue weighted by atomic mass is 79.9. The van der Waals surface area contributed by atoms with Gasteiger partial charge in [-0.05, 0) is 36.6 Å². The number of aliphatic hydroxyl groups excluding tert-OH is 1. The molecule has 1 aromatic carbocycles. The van der Waals surface area contributed by atoms with Gasteiger partial charge in [0.05, 0.1) is 12.7 Å².